The molecule has 0 bridgehead atoms. The van der Waals surface area contributed by atoms with Crippen molar-refractivity contribution in [3.8, 4) is 5.75 Å². The fourth-order valence-corrected chi connectivity index (χ4v) is 4.77. The molecule has 5 rings (SSSR count). The zero-order chi connectivity index (χ0) is 24.2. The number of para-hydroxylation sites is 1. The molecule has 0 atom stereocenters. The third kappa shape index (κ3) is 4.90. The number of phenolic OH excluding ortho intramolecular Hbond substituents is 1. The van der Waals surface area contributed by atoms with Gasteiger partial charge in [0.25, 0.3) is 11.8 Å². The summed E-state index contributed by atoms with van der Waals surface area (Å²) in [5.41, 5.74) is 2.18. The number of nitrogens with zero attached hydrogens (tertiary/aromatic N) is 4. The van der Waals surface area contributed by atoms with Crippen molar-refractivity contribution in [1.82, 2.24) is 19.8 Å². The van der Waals surface area contributed by atoms with Crippen molar-refractivity contribution in [2.45, 2.75) is 4.90 Å². The molecule has 4 aromatic rings. The van der Waals surface area contributed by atoms with Gasteiger partial charge in [0, 0.05) is 49.5 Å². The summed E-state index contributed by atoms with van der Waals surface area (Å²) < 4.78 is 3.15. The predicted molar refractivity (Wildman–Crippen MR) is 135 cm³/mol. The number of phenols is 1. The Morgan fingerprint density at radius 1 is 0.829 bits per heavy atom. The second kappa shape index (κ2) is 10.0. The summed E-state index contributed by atoms with van der Waals surface area (Å²) in [6, 6.07) is 19.9. The number of fused-ring (bicyclic) bond motifs is 1. The van der Waals surface area contributed by atoms with E-state index < -0.39 is 0 Å². The SMILES string of the molecule is O=C(c1ccc(NSc2cccc3cccnc23)c(O)c1)N1CCN(C(=O)c2ccccn2)CC1. The summed E-state index contributed by atoms with van der Waals surface area (Å²) in [7, 11) is 0. The number of amides is 2. The number of hydrogen-bond donors (Lipinski definition) is 2. The first-order valence-electron chi connectivity index (χ1n) is 11.2. The Morgan fingerprint density at radius 3 is 2.31 bits per heavy atom. The molecule has 0 spiro atoms. The first kappa shape index (κ1) is 22.7. The number of rotatable bonds is 5. The summed E-state index contributed by atoms with van der Waals surface area (Å²) in [5, 5.41) is 11.6. The largest absolute Gasteiger partial charge is 0.506 e. The second-order valence-corrected chi connectivity index (χ2v) is 8.91. The molecule has 3 heterocycles. The zero-order valence-electron chi connectivity index (χ0n) is 18.8. The van der Waals surface area contributed by atoms with Gasteiger partial charge in [-0.1, -0.05) is 24.3 Å². The van der Waals surface area contributed by atoms with Crippen LogP contribution in [0.25, 0.3) is 10.9 Å². The summed E-state index contributed by atoms with van der Waals surface area (Å²) >= 11 is 1.35. The Balaban J connectivity index is 1.21. The van der Waals surface area contributed by atoms with Crippen LogP contribution in [0, 0.1) is 0 Å². The number of piperazine rings is 1. The Bertz CT molecular complexity index is 1370. The third-order valence-electron chi connectivity index (χ3n) is 5.85. The van der Waals surface area contributed by atoms with Crippen LogP contribution in [0.5, 0.6) is 5.75 Å². The van der Waals surface area contributed by atoms with Gasteiger partial charge in [-0.15, -0.1) is 0 Å². The van der Waals surface area contributed by atoms with E-state index in [1.165, 1.54) is 18.0 Å². The molecular formula is C26H23N5O3S. The first-order chi connectivity index (χ1) is 17.1. The molecule has 1 fully saturated rings. The molecule has 0 saturated carbocycles. The minimum absolute atomic E-state index is 0.0134. The van der Waals surface area contributed by atoms with Crippen molar-refractivity contribution in [3.05, 3.63) is 90.4 Å². The predicted octanol–water partition coefficient (Wildman–Crippen LogP) is 4.05. The lowest BCUT2D eigenvalue weighted by Gasteiger charge is -2.34. The highest BCUT2D eigenvalue weighted by atomic mass is 32.2. The van der Waals surface area contributed by atoms with Gasteiger partial charge in [0.05, 0.1) is 16.1 Å². The summed E-state index contributed by atoms with van der Waals surface area (Å²) in [6.07, 6.45) is 3.34. The molecule has 0 radical (unpaired) electrons. The summed E-state index contributed by atoms with van der Waals surface area (Å²) in [5.74, 6) is -0.326. The molecular weight excluding hydrogens is 462 g/mol. The van der Waals surface area contributed by atoms with E-state index in [4.69, 9.17) is 0 Å². The molecule has 35 heavy (non-hydrogen) atoms. The van der Waals surface area contributed by atoms with Gasteiger partial charge in [-0.25, -0.2) is 0 Å². The van der Waals surface area contributed by atoms with Crippen molar-refractivity contribution in [3.63, 3.8) is 0 Å². The monoisotopic (exact) mass is 485 g/mol. The topological polar surface area (TPSA) is 98.7 Å². The van der Waals surface area contributed by atoms with Crippen LogP contribution in [0.3, 0.4) is 0 Å². The molecule has 9 heteroatoms. The fourth-order valence-electron chi connectivity index (χ4n) is 3.97. The first-order valence-corrected chi connectivity index (χ1v) is 12.0. The maximum atomic E-state index is 13.0. The van der Waals surface area contributed by atoms with E-state index in [1.54, 1.807) is 52.5 Å². The van der Waals surface area contributed by atoms with Crippen LogP contribution in [-0.4, -0.2) is 62.9 Å². The zero-order valence-corrected chi connectivity index (χ0v) is 19.6. The average Bonchev–Trinajstić information content (AvgIpc) is 2.92. The number of hydrogen-bond acceptors (Lipinski definition) is 7. The highest BCUT2D eigenvalue weighted by molar-refractivity contribution is 8.00. The third-order valence-corrected chi connectivity index (χ3v) is 6.72. The normalized spacial score (nSPS) is 13.6. The number of nitrogens with one attached hydrogen (secondary N) is 1. The lowest BCUT2D eigenvalue weighted by Crippen LogP contribution is -2.50. The Morgan fingerprint density at radius 2 is 1.57 bits per heavy atom. The van der Waals surface area contributed by atoms with Gasteiger partial charge in [-0.2, -0.15) is 0 Å². The van der Waals surface area contributed by atoms with E-state index in [0.717, 1.165) is 15.8 Å². The van der Waals surface area contributed by atoms with Crippen molar-refractivity contribution < 1.29 is 14.7 Å². The van der Waals surface area contributed by atoms with Crippen molar-refractivity contribution >= 4 is 40.4 Å². The number of carbonyl (C=O) groups is 2. The molecule has 2 aromatic carbocycles. The van der Waals surface area contributed by atoms with Crippen LogP contribution in [0.2, 0.25) is 0 Å². The van der Waals surface area contributed by atoms with Crippen LogP contribution in [0.15, 0.2) is 84.0 Å². The molecule has 0 aliphatic carbocycles. The second-order valence-electron chi connectivity index (χ2n) is 8.07. The molecule has 1 aliphatic heterocycles. The van der Waals surface area contributed by atoms with Gasteiger partial charge >= 0.3 is 0 Å². The van der Waals surface area contributed by atoms with Gasteiger partial charge in [-0.3, -0.25) is 19.6 Å². The van der Waals surface area contributed by atoms with Crippen LogP contribution < -0.4 is 4.72 Å². The number of anilines is 1. The smallest absolute Gasteiger partial charge is 0.272 e. The van der Waals surface area contributed by atoms with Gasteiger partial charge in [0.2, 0.25) is 0 Å². The van der Waals surface area contributed by atoms with Gasteiger partial charge < -0.3 is 19.6 Å². The fraction of sp³-hybridized carbons (Fsp3) is 0.154. The lowest BCUT2D eigenvalue weighted by atomic mass is 10.1. The summed E-state index contributed by atoms with van der Waals surface area (Å²) in [4.78, 5) is 38.5. The number of benzene rings is 2. The van der Waals surface area contributed by atoms with E-state index in [2.05, 4.69) is 14.7 Å². The quantitative estimate of drug-likeness (QED) is 0.325. The molecule has 2 N–H and O–H groups in total. The van der Waals surface area contributed by atoms with E-state index in [9.17, 15) is 14.7 Å². The van der Waals surface area contributed by atoms with Crippen LogP contribution in [0.1, 0.15) is 20.8 Å². The molecule has 8 nitrogen and oxygen atoms in total. The van der Waals surface area contributed by atoms with Crippen molar-refractivity contribution in [2.24, 2.45) is 0 Å². The average molecular weight is 486 g/mol. The maximum absolute atomic E-state index is 13.0. The van der Waals surface area contributed by atoms with Gasteiger partial charge in [0.15, 0.2) is 0 Å². The Kier molecular flexibility index (Phi) is 6.49. The van der Waals surface area contributed by atoms with E-state index >= 15 is 0 Å². The van der Waals surface area contributed by atoms with Crippen molar-refractivity contribution in [2.75, 3.05) is 30.9 Å². The summed E-state index contributed by atoms with van der Waals surface area (Å²) in [6.45, 7) is 1.70. The number of aromatic nitrogens is 2. The van der Waals surface area contributed by atoms with Crippen LogP contribution >= 0.6 is 11.9 Å². The number of carbonyl (C=O) groups excluding carboxylic acids is 2. The highest BCUT2D eigenvalue weighted by Crippen LogP contribution is 2.32. The number of pyridine rings is 2. The van der Waals surface area contributed by atoms with Crippen LogP contribution in [-0.2, 0) is 0 Å². The lowest BCUT2D eigenvalue weighted by molar-refractivity contribution is 0.0532. The molecule has 2 amide bonds. The van der Waals surface area contributed by atoms with Crippen LogP contribution in [0.4, 0.5) is 5.69 Å². The molecule has 176 valence electrons. The minimum Gasteiger partial charge on any atom is -0.506 e. The van der Waals surface area contributed by atoms with E-state index in [1.807, 2.05) is 30.3 Å². The minimum atomic E-state index is -0.178. The highest BCUT2D eigenvalue weighted by Gasteiger charge is 2.26. The Hall–Kier alpha value is -4.11. The number of aromatic hydroxyl groups is 1. The molecule has 0 unspecified atom stereocenters. The van der Waals surface area contributed by atoms with Crippen molar-refractivity contribution in [1.29, 1.82) is 0 Å². The molecule has 1 saturated heterocycles. The van der Waals surface area contributed by atoms with Gasteiger partial charge in [0.1, 0.15) is 11.4 Å². The standard InChI is InChI=1S/C26H23N5O3S/c32-22-17-19(9-10-20(22)29-35-23-8-3-5-18-6-4-12-28-24(18)23)25(33)30-13-15-31(16-14-30)26(34)21-7-1-2-11-27-21/h1-12,17,29,32H,13-16H2. The van der Waals surface area contributed by atoms with E-state index in [0.29, 0.717) is 43.1 Å². The Labute approximate surface area is 206 Å². The maximum Gasteiger partial charge on any atom is 0.272 e. The van der Waals surface area contributed by atoms with E-state index in [-0.39, 0.29) is 17.6 Å². The van der Waals surface area contributed by atoms with Gasteiger partial charge in [-0.05, 0) is 54.4 Å². The molecule has 2 aromatic heterocycles. The molecule has 1 aliphatic rings.